The SMILES string of the molecule is CCCC(Br)CC1CCS(=O)(=O)C1. The van der Waals surface area contributed by atoms with Crippen LogP contribution in [0.1, 0.15) is 32.6 Å². The molecule has 1 fully saturated rings. The van der Waals surface area contributed by atoms with Gasteiger partial charge < -0.3 is 0 Å². The van der Waals surface area contributed by atoms with Gasteiger partial charge in [0.25, 0.3) is 0 Å². The molecule has 1 aliphatic heterocycles. The van der Waals surface area contributed by atoms with Crippen LogP contribution in [0, 0.1) is 5.92 Å². The van der Waals surface area contributed by atoms with Gasteiger partial charge in [0.1, 0.15) is 0 Å². The van der Waals surface area contributed by atoms with Crippen LogP contribution in [0.25, 0.3) is 0 Å². The quantitative estimate of drug-likeness (QED) is 0.734. The fourth-order valence-corrected chi connectivity index (χ4v) is 4.72. The maximum atomic E-state index is 11.2. The summed E-state index contributed by atoms with van der Waals surface area (Å²) in [4.78, 5) is 0.510. The summed E-state index contributed by atoms with van der Waals surface area (Å²) >= 11 is 3.59. The lowest BCUT2D eigenvalue weighted by molar-refractivity contribution is 0.517. The van der Waals surface area contributed by atoms with Crippen molar-refractivity contribution in [2.24, 2.45) is 5.92 Å². The smallest absolute Gasteiger partial charge is 0.150 e. The topological polar surface area (TPSA) is 34.1 Å². The molecule has 2 unspecified atom stereocenters. The number of alkyl halides is 1. The van der Waals surface area contributed by atoms with Gasteiger partial charge in [0.05, 0.1) is 11.5 Å². The fraction of sp³-hybridized carbons (Fsp3) is 1.00. The monoisotopic (exact) mass is 268 g/mol. The molecule has 1 rings (SSSR count). The maximum absolute atomic E-state index is 11.2. The van der Waals surface area contributed by atoms with Crippen molar-refractivity contribution in [2.45, 2.75) is 37.4 Å². The van der Waals surface area contributed by atoms with E-state index in [1.165, 1.54) is 0 Å². The van der Waals surface area contributed by atoms with Gasteiger partial charge >= 0.3 is 0 Å². The minimum absolute atomic E-state index is 0.404. The van der Waals surface area contributed by atoms with Crippen molar-refractivity contribution >= 4 is 25.8 Å². The Morgan fingerprint density at radius 2 is 2.23 bits per heavy atom. The summed E-state index contributed by atoms with van der Waals surface area (Å²) in [7, 11) is -2.68. The summed E-state index contributed by atoms with van der Waals surface area (Å²) in [6.07, 6.45) is 4.20. The number of halogens is 1. The average Bonchev–Trinajstić information content (AvgIpc) is 2.30. The lowest BCUT2D eigenvalue weighted by Gasteiger charge is -2.12. The molecule has 0 bridgehead atoms. The summed E-state index contributed by atoms with van der Waals surface area (Å²) < 4.78 is 22.3. The standard InChI is InChI=1S/C9H17BrO2S/c1-2-3-9(10)6-8-4-5-13(11,12)7-8/h8-9H,2-7H2,1H3. The summed E-state index contributed by atoms with van der Waals surface area (Å²) in [6, 6.07) is 0. The Kier molecular flexibility index (Phi) is 4.23. The van der Waals surface area contributed by atoms with Crippen molar-refractivity contribution in [3.63, 3.8) is 0 Å². The molecule has 1 heterocycles. The van der Waals surface area contributed by atoms with E-state index in [2.05, 4.69) is 22.9 Å². The molecule has 13 heavy (non-hydrogen) atoms. The van der Waals surface area contributed by atoms with Gasteiger partial charge in [-0.1, -0.05) is 29.3 Å². The van der Waals surface area contributed by atoms with E-state index in [4.69, 9.17) is 0 Å². The van der Waals surface area contributed by atoms with Crippen LogP contribution < -0.4 is 0 Å². The van der Waals surface area contributed by atoms with Gasteiger partial charge in [0, 0.05) is 4.83 Å². The highest BCUT2D eigenvalue weighted by Crippen LogP contribution is 2.27. The summed E-state index contributed by atoms with van der Waals surface area (Å²) in [5.74, 6) is 1.23. The number of hydrogen-bond donors (Lipinski definition) is 0. The van der Waals surface area contributed by atoms with Gasteiger partial charge in [-0.15, -0.1) is 0 Å². The van der Waals surface area contributed by atoms with Gasteiger partial charge in [-0.25, -0.2) is 8.42 Å². The minimum atomic E-state index is -2.68. The molecule has 1 aliphatic rings. The Bertz CT molecular complexity index is 248. The minimum Gasteiger partial charge on any atom is -0.229 e. The Morgan fingerprint density at radius 3 is 2.69 bits per heavy atom. The molecule has 4 heteroatoms. The predicted octanol–water partition coefficient (Wildman–Crippen LogP) is 2.37. The highest BCUT2D eigenvalue weighted by atomic mass is 79.9. The van der Waals surface area contributed by atoms with Gasteiger partial charge in [-0.05, 0) is 25.2 Å². The fourth-order valence-electron chi connectivity index (χ4n) is 1.85. The van der Waals surface area contributed by atoms with Crippen molar-refractivity contribution in [3.05, 3.63) is 0 Å². The first-order valence-corrected chi connectivity index (χ1v) is 7.61. The molecule has 0 spiro atoms. The third kappa shape index (κ3) is 3.98. The van der Waals surface area contributed by atoms with Gasteiger partial charge in [0.15, 0.2) is 9.84 Å². The van der Waals surface area contributed by atoms with Gasteiger partial charge in [-0.3, -0.25) is 0 Å². The van der Waals surface area contributed by atoms with Crippen molar-refractivity contribution in [3.8, 4) is 0 Å². The first-order chi connectivity index (χ1) is 6.03. The predicted molar refractivity (Wildman–Crippen MR) is 59.0 cm³/mol. The van der Waals surface area contributed by atoms with E-state index in [-0.39, 0.29) is 0 Å². The second-order valence-electron chi connectivity index (χ2n) is 3.89. The molecule has 0 radical (unpaired) electrons. The van der Waals surface area contributed by atoms with Crippen LogP contribution in [0.15, 0.2) is 0 Å². The normalized spacial score (nSPS) is 28.9. The average molecular weight is 269 g/mol. The molecule has 0 aromatic carbocycles. The first-order valence-electron chi connectivity index (χ1n) is 4.88. The largest absolute Gasteiger partial charge is 0.229 e. The molecule has 0 N–H and O–H groups in total. The van der Waals surface area contributed by atoms with Crippen LogP contribution in [0.4, 0.5) is 0 Å². The van der Waals surface area contributed by atoms with E-state index in [0.717, 1.165) is 25.7 Å². The van der Waals surface area contributed by atoms with Crippen molar-refractivity contribution in [2.75, 3.05) is 11.5 Å². The molecule has 0 aromatic rings. The second kappa shape index (κ2) is 4.78. The van der Waals surface area contributed by atoms with E-state index in [1.54, 1.807) is 0 Å². The third-order valence-electron chi connectivity index (χ3n) is 2.52. The van der Waals surface area contributed by atoms with Crippen LogP contribution in [-0.2, 0) is 9.84 Å². The molecular formula is C9H17BrO2S. The molecule has 78 valence electrons. The van der Waals surface area contributed by atoms with Crippen LogP contribution in [0.5, 0.6) is 0 Å². The molecule has 2 nitrogen and oxygen atoms in total. The highest BCUT2D eigenvalue weighted by Gasteiger charge is 2.28. The molecule has 0 aliphatic carbocycles. The maximum Gasteiger partial charge on any atom is 0.150 e. The first kappa shape index (κ1) is 11.5. The molecule has 0 saturated carbocycles. The van der Waals surface area contributed by atoms with Crippen LogP contribution in [0.3, 0.4) is 0 Å². The third-order valence-corrected chi connectivity index (χ3v) is 5.19. The Morgan fingerprint density at radius 1 is 1.54 bits per heavy atom. The highest BCUT2D eigenvalue weighted by molar-refractivity contribution is 9.09. The van der Waals surface area contributed by atoms with E-state index < -0.39 is 9.84 Å². The second-order valence-corrected chi connectivity index (χ2v) is 7.41. The summed E-state index contributed by atoms with van der Waals surface area (Å²) in [5, 5.41) is 0. The van der Waals surface area contributed by atoms with E-state index in [0.29, 0.717) is 22.3 Å². The molecular weight excluding hydrogens is 252 g/mol. The lowest BCUT2D eigenvalue weighted by Crippen LogP contribution is -2.10. The van der Waals surface area contributed by atoms with Crippen LogP contribution in [-0.4, -0.2) is 24.8 Å². The van der Waals surface area contributed by atoms with Gasteiger partial charge in [-0.2, -0.15) is 0 Å². The van der Waals surface area contributed by atoms with Crippen molar-refractivity contribution < 1.29 is 8.42 Å². The van der Waals surface area contributed by atoms with E-state index in [1.807, 2.05) is 0 Å². The summed E-state index contributed by atoms with van der Waals surface area (Å²) in [6.45, 7) is 2.15. The number of sulfone groups is 1. The number of hydrogen-bond acceptors (Lipinski definition) is 2. The summed E-state index contributed by atoms with van der Waals surface area (Å²) in [5.41, 5.74) is 0. The molecule has 0 amide bonds. The molecule has 0 aromatic heterocycles. The zero-order chi connectivity index (χ0) is 9.90. The zero-order valence-electron chi connectivity index (χ0n) is 8.00. The Labute approximate surface area is 89.1 Å². The van der Waals surface area contributed by atoms with Gasteiger partial charge in [0.2, 0.25) is 0 Å². The Hall–Kier alpha value is 0.430. The van der Waals surface area contributed by atoms with Crippen molar-refractivity contribution in [1.29, 1.82) is 0 Å². The Balaban J connectivity index is 2.32. The van der Waals surface area contributed by atoms with Crippen LogP contribution in [0.2, 0.25) is 0 Å². The lowest BCUT2D eigenvalue weighted by atomic mass is 10.0. The molecule has 1 saturated heterocycles. The van der Waals surface area contributed by atoms with Crippen molar-refractivity contribution in [1.82, 2.24) is 0 Å². The van der Waals surface area contributed by atoms with Crippen LogP contribution >= 0.6 is 15.9 Å². The molecule has 2 atom stereocenters. The van der Waals surface area contributed by atoms with E-state index in [9.17, 15) is 8.42 Å². The number of rotatable bonds is 4. The zero-order valence-corrected chi connectivity index (χ0v) is 10.4. The van der Waals surface area contributed by atoms with E-state index >= 15 is 0 Å².